The van der Waals surface area contributed by atoms with Crippen molar-refractivity contribution in [3.63, 3.8) is 0 Å². The van der Waals surface area contributed by atoms with Crippen LogP contribution >= 0.6 is 0 Å². The van der Waals surface area contributed by atoms with Crippen molar-refractivity contribution in [3.8, 4) is 0 Å². The highest BCUT2D eigenvalue weighted by Crippen LogP contribution is 2.19. The summed E-state index contributed by atoms with van der Waals surface area (Å²) in [5.74, 6) is -0.679. The Morgan fingerprint density at radius 2 is 2.29 bits per heavy atom. The predicted molar refractivity (Wildman–Crippen MR) is 59.6 cm³/mol. The molecule has 0 fully saturated rings. The first kappa shape index (κ1) is 13.1. The molecular weight excluding hydrogens is 226 g/mol. The van der Waals surface area contributed by atoms with Gasteiger partial charge < -0.3 is 14.9 Å². The molecule has 0 aromatic carbocycles. The minimum atomic E-state index is -0.608. The van der Waals surface area contributed by atoms with E-state index in [-0.39, 0.29) is 12.4 Å². The van der Waals surface area contributed by atoms with E-state index in [9.17, 15) is 14.9 Å². The van der Waals surface area contributed by atoms with Crippen molar-refractivity contribution < 1.29 is 14.5 Å². The largest absolute Gasteiger partial charge is 0.464 e. The molecule has 1 aromatic heterocycles. The second-order valence-electron chi connectivity index (χ2n) is 3.52. The average Bonchev–Trinajstić information content (AvgIpc) is 2.63. The summed E-state index contributed by atoms with van der Waals surface area (Å²) in [6.45, 7) is 5.46. The molecule has 1 heterocycles. The van der Waals surface area contributed by atoms with Crippen LogP contribution in [0.1, 0.15) is 32.0 Å². The van der Waals surface area contributed by atoms with Crippen molar-refractivity contribution in [2.24, 2.45) is 0 Å². The molecule has 7 nitrogen and oxygen atoms in total. The lowest BCUT2D eigenvalue weighted by atomic mass is 10.2. The Morgan fingerprint density at radius 3 is 2.71 bits per heavy atom. The number of hydrogen-bond donors (Lipinski definition) is 0. The number of carbonyl (C=O) groups is 1. The maximum atomic E-state index is 11.7. The van der Waals surface area contributed by atoms with Crippen LogP contribution < -0.4 is 0 Å². The Bertz CT molecular complexity index is 427. The maximum Gasteiger partial charge on any atom is 0.390 e. The van der Waals surface area contributed by atoms with Gasteiger partial charge in [0.05, 0.1) is 23.5 Å². The summed E-state index contributed by atoms with van der Waals surface area (Å²) < 4.78 is 6.25. The van der Waals surface area contributed by atoms with Crippen molar-refractivity contribution in [1.82, 2.24) is 9.78 Å². The molecule has 7 heteroatoms. The van der Waals surface area contributed by atoms with Gasteiger partial charge in [0.1, 0.15) is 0 Å². The van der Waals surface area contributed by atoms with Gasteiger partial charge in [-0.15, -0.1) is 0 Å². The van der Waals surface area contributed by atoms with E-state index in [4.69, 9.17) is 4.74 Å². The molecule has 0 radical (unpaired) electrons. The van der Waals surface area contributed by atoms with Gasteiger partial charge in [-0.1, -0.05) is 6.92 Å². The second-order valence-corrected chi connectivity index (χ2v) is 3.52. The normalized spacial score (nSPS) is 12.2. The van der Waals surface area contributed by atoms with Gasteiger partial charge in [0.25, 0.3) is 0 Å². The van der Waals surface area contributed by atoms with E-state index in [1.165, 1.54) is 10.7 Å². The van der Waals surface area contributed by atoms with Gasteiger partial charge in [0.15, 0.2) is 6.04 Å². The molecule has 1 rings (SSSR count). The van der Waals surface area contributed by atoms with E-state index < -0.39 is 16.9 Å². The van der Waals surface area contributed by atoms with Crippen molar-refractivity contribution in [3.05, 3.63) is 21.9 Å². The molecule has 0 aliphatic rings. The minimum Gasteiger partial charge on any atom is -0.464 e. The number of rotatable bonds is 5. The van der Waals surface area contributed by atoms with Gasteiger partial charge in [0, 0.05) is 0 Å². The molecule has 94 valence electrons. The van der Waals surface area contributed by atoms with Gasteiger partial charge >= 0.3 is 11.8 Å². The van der Waals surface area contributed by atoms with Crippen LogP contribution in [0.4, 0.5) is 5.82 Å². The summed E-state index contributed by atoms with van der Waals surface area (Å²) in [6, 6.07) is 0.727. The molecular formula is C10H15N3O4. The van der Waals surface area contributed by atoms with Crippen LogP contribution in [0.5, 0.6) is 0 Å². The van der Waals surface area contributed by atoms with Gasteiger partial charge in [-0.05, 0) is 25.2 Å². The van der Waals surface area contributed by atoms with Crippen LogP contribution in [0.2, 0.25) is 0 Å². The standard InChI is InChI=1S/C10H15N3O4/c1-4-8(10(14)17-5-2)12-7(3)6-9(11-12)13(15)16/h6,8H,4-5H2,1-3H3/t8-/m1/s1. The van der Waals surface area contributed by atoms with Crippen LogP contribution in [0, 0.1) is 17.0 Å². The zero-order valence-electron chi connectivity index (χ0n) is 10.0. The third kappa shape index (κ3) is 2.80. The van der Waals surface area contributed by atoms with E-state index in [1.807, 2.05) is 0 Å². The Kier molecular flexibility index (Phi) is 4.19. The molecule has 0 bridgehead atoms. The van der Waals surface area contributed by atoms with E-state index in [2.05, 4.69) is 5.10 Å². The summed E-state index contributed by atoms with van der Waals surface area (Å²) in [5.41, 5.74) is 0.566. The van der Waals surface area contributed by atoms with Crippen LogP contribution in [0.25, 0.3) is 0 Å². The predicted octanol–water partition coefficient (Wildman–Crippen LogP) is 1.61. The van der Waals surface area contributed by atoms with Crippen LogP contribution in [0.3, 0.4) is 0 Å². The quantitative estimate of drug-likeness (QED) is 0.444. The number of esters is 1. The van der Waals surface area contributed by atoms with E-state index in [1.54, 1.807) is 20.8 Å². The van der Waals surface area contributed by atoms with E-state index in [0.29, 0.717) is 12.1 Å². The van der Waals surface area contributed by atoms with Crippen LogP contribution in [0.15, 0.2) is 6.07 Å². The zero-order chi connectivity index (χ0) is 13.0. The molecule has 0 saturated heterocycles. The number of aryl methyl sites for hydroxylation is 1. The molecule has 0 aliphatic carbocycles. The van der Waals surface area contributed by atoms with Gasteiger partial charge in [-0.3, -0.25) is 0 Å². The summed E-state index contributed by atoms with van der Waals surface area (Å²) in [6.07, 6.45) is 0.471. The summed E-state index contributed by atoms with van der Waals surface area (Å²) in [5, 5.41) is 14.4. The van der Waals surface area contributed by atoms with Crippen LogP contribution in [-0.4, -0.2) is 27.3 Å². The number of hydrogen-bond acceptors (Lipinski definition) is 5. The molecule has 17 heavy (non-hydrogen) atoms. The fourth-order valence-corrected chi connectivity index (χ4v) is 1.55. The highest BCUT2D eigenvalue weighted by Gasteiger charge is 2.27. The lowest BCUT2D eigenvalue weighted by Gasteiger charge is -2.12. The fourth-order valence-electron chi connectivity index (χ4n) is 1.55. The third-order valence-electron chi connectivity index (χ3n) is 2.34. The van der Waals surface area contributed by atoms with Crippen molar-refractivity contribution in [2.75, 3.05) is 6.61 Å². The first-order chi connectivity index (χ1) is 8.01. The van der Waals surface area contributed by atoms with Crippen molar-refractivity contribution in [2.45, 2.75) is 33.2 Å². The number of nitro groups is 1. The van der Waals surface area contributed by atoms with E-state index in [0.717, 1.165) is 0 Å². The highest BCUT2D eigenvalue weighted by molar-refractivity contribution is 5.74. The Morgan fingerprint density at radius 1 is 1.65 bits per heavy atom. The summed E-state index contributed by atoms with van der Waals surface area (Å²) in [4.78, 5) is 21.7. The molecule has 0 N–H and O–H groups in total. The highest BCUT2D eigenvalue weighted by atomic mass is 16.6. The third-order valence-corrected chi connectivity index (χ3v) is 2.34. The zero-order valence-corrected chi connectivity index (χ0v) is 10.0. The molecule has 1 aromatic rings. The molecule has 0 aliphatic heterocycles. The van der Waals surface area contributed by atoms with Crippen LogP contribution in [-0.2, 0) is 9.53 Å². The Labute approximate surface area is 98.5 Å². The van der Waals surface area contributed by atoms with Crippen molar-refractivity contribution in [1.29, 1.82) is 0 Å². The smallest absolute Gasteiger partial charge is 0.390 e. The lowest BCUT2D eigenvalue weighted by Crippen LogP contribution is -2.23. The van der Waals surface area contributed by atoms with E-state index >= 15 is 0 Å². The summed E-state index contributed by atoms with van der Waals surface area (Å²) >= 11 is 0. The fraction of sp³-hybridized carbons (Fsp3) is 0.600. The first-order valence-electron chi connectivity index (χ1n) is 5.38. The number of nitrogens with zero attached hydrogens (tertiary/aromatic N) is 3. The second kappa shape index (κ2) is 5.42. The number of carbonyl (C=O) groups excluding carboxylic acids is 1. The average molecular weight is 241 g/mol. The maximum absolute atomic E-state index is 11.7. The van der Waals surface area contributed by atoms with Crippen molar-refractivity contribution >= 4 is 11.8 Å². The minimum absolute atomic E-state index is 0.259. The van der Waals surface area contributed by atoms with Gasteiger partial charge in [0.2, 0.25) is 0 Å². The molecule has 0 unspecified atom stereocenters. The molecule has 0 spiro atoms. The monoisotopic (exact) mass is 241 g/mol. The van der Waals surface area contributed by atoms with Gasteiger partial charge in [-0.25, -0.2) is 4.79 Å². The summed E-state index contributed by atoms with van der Waals surface area (Å²) in [7, 11) is 0. The molecule has 0 saturated carbocycles. The number of aromatic nitrogens is 2. The Balaban J connectivity index is 3.03. The lowest BCUT2D eigenvalue weighted by molar-refractivity contribution is -0.389. The topological polar surface area (TPSA) is 87.3 Å². The number of ether oxygens (including phenoxy) is 1. The van der Waals surface area contributed by atoms with Gasteiger partial charge in [-0.2, -0.15) is 4.68 Å². The first-order valence-corrected chi connectivity index (χ1v) is 5.38. The molecule has 1 atom stereocenters. The SMILES string of the molecule is CCOC(=O)[C@@H](CC)n1nc([N+](=O)[O-])cc1C. The Hall–Kier alpha value is -1.92. The molecule has 0 amide bonds.